The van der Waals surface area contributed by atoms with Crippen LogP contribution in [0, 0.1) is 6.92 Å². The van der Waals surface area contributed by atoms with Crippen molar-refractivity contribution in [2.45, 2.75) is 19.9 Å². The number of carbonyl (C=O) groups excluding carboxylic acids is 1. The van der Waals surface area contributed by atoms with Crippen molar-refractivity contribution in [1.29, 1.82) is 0 Å². The zero-order valence-electron chi connectivity index (χ0n) is 10.8. The van der Waals surface area contributed by atoms with Gasteiger partial charge in [0.15, 0.2) is 0 Å². The number of anilines is 1. The summed E-state index contributed by atoms with van der Waals surface area (Å²) in [6, 6.07) is 6.85. The normalized spacial score (nSPS) is 11.7. The Morgan fingerprint density at radius 1 is 1.33 bits per heavy atom. The van der Waals surface area contributed by atoms with Crippen LogP contribution in [-0.4, -0.2) is 36.6 Å². The first-order chi connectivity index (χ1) is 8.40. The van der Waals surface area contributed by atoms with Gasteiger partial charge in [0.1, 0.15) is 6.04 Å². The number of aliphatic carboxylic acids is 1. The average Bonchev–Trinajstić information content (AvgIpc) is 2.28. The fraction of sp³-hybridized carbons (Fsp3) is 0.385. The van der Waals surface area contributed by atoms with E-state index in [0.29, 0.717) is 0 Å². The lowest BCUT2D eigenvalue weighted by Crippen LogP contribution is -2.47. The van der Waals surface area contributed by atoms with Gasteiger partial charge in [0.2, 0.25) is 5.91 Å². The van der Waals surface area contributed by atoms with Gasteiger partial charge in [0.25, 0.3) is 0 Å². The molecule has 1 aromatic carbocycles. The zero-order valence-corrected chi connectivity index (χ0v) is 10.8. The maximum absolute atomic E-state index is 11.0. The Hall–Kier alpha value is -2.04. The highest BCUT2D eigenvalue weighted by Gasteiger charge is 2.20. The standard InChI is InChI=1S/C13H18N2O3/c1-9-4-6-11(7-5-9)15(3)8-12(13(17)18)14-10(2)16/h4-7,12H,8H2,1-3H3,(H,14,16)(H,17,18). The molecule has 5 heteroatoms. The lowest BCUT2D eigenvalue weighted by molar-refractivity contribution is -0.141. The number of benzene rings is 1. The topological polar surface area (TPSA) is 69.6 Å². The number of nitrogens with zero attached hydrogens (tertiary/aromatic N) is 1. The number of rotatable bonds is 5. The predicted octanol–water partition coefficient (Wildman–Crippen LogP) is 1.02. The summed E-state index contributed by atoms with van der Waals surface area (Å²) in [5.41, 5.74) is 2.06. The van der Waals surface area contributed by atoms with Crippen LogP contribution in [0.5, 0.6) is 0 Å². The summed E-state index contributed by atoms with van der Waals surface area (Å²) >= 11 is 0. The summed E-state index contributed by atoms with van der Waals surface area (Å²) in [5, 5.41) is 11.4. The van der Waals surface area contributed by atoms with E-state index >= 15 is 0 Å². The van der Waals surface area contributed by atoms with Crippen molar-refractivity contribution < 1.29 is 14.7 Å². The van der Waals surface area contributed by atoms with Gasteiger partial charge in [-0.15, -0.1) is 0 Å². The third kappa shape index (κ3) is 4.08. The summed E-state index contributed by atoms with van der Waals surface area (Å²) in [6.07, 6.45) is 0. The molecule has 98 valence electrons. The highest BCUT2D eigenvalue weighted by molar-refractivity contribution is 5.82. The van der Waals surface area contributed by atoms with Crippen LogP contribution in [0.25, 0.3) is 0 Å². The van der Waals surface area contributed by atoms with Crippen LogP contribution in [0.3, 0.4) is 0 Å². The van der Waals surface area contributed by atoms with E-state index < -0.39 is 12.0 Å². The minimum atomic E-state index is -1.04. The number of hydrogen-bond donors (Lipinski definition) is 2. The van der Waals surface area contributed by atoms with E-state index in [0.717, 1.165) is 11.3 Å². The molecule has 0 bridgehead atoms. The van der Waals surface area contributed by atoms with Crippen molar-refractivity contribution in [3.63, 3.8) is 0 Å². The summed E-state index contributed by atoms with van der Waals surface area (Å²) in [4.78, 5) is 23.7. The van der Waals surface area contributed by atoms with Crippen LogP contribution in [0.15, 0.2) is 24.3 Å². The lowest BCUT2D eigenvalue weighted by Gasteiger charge is -2.23. The summed E-state index contributed by atoms with van der Waals surface area (Å²) in [6.45, 7) is 3.51. The fourth-order valence-corrected chi connectivity index (χ4v) is 1.61. The molecular formula is C13H18N2O3. The first-order valence-corrected chi connectivity index (χ1v) is 5.68. The summed E-state index contributed by atoms with van der Waals surface area (Å²) in [7, 11) is 1.79. The van der Waals surface area contributed by atoms with Crippen LogP contribution in [0.4, 0.5) is 5.69 Å². The molecule has 0 heterocycles. The minimum Gasteiger partial charge on any atom is -0.480 e. The minimum absolute atomic E-state index is 0.220. The Morgan fingerprint density at radius 3 is 2.33 bits per heavy atom. The van der Waals surface area contributed by atoms with Gasteiger partial charge in [0.05, 0.1) is 0 Å². The Balaban J connectivity index is 2.71. The molecule has 0 saturated carbocycles. The van der Waals surface area contributed by atoms with Gasteiger partial charge in [-0.1, -0.05) is 17.7 Å². The molecule has 1 rings (SSSR count). The molecule has 0 spiro atoms. The molecule has 18 heavy (non-hydrogen) atoms. The smallest absolute Gasteiger partial charge is 0.328 e. The second kappa shape index (κ2) is 6.05. The average molecular weight is 250 g/mol. The highest BCUT2D eigenvalue weighted by atomic mass is 16.4. The molecule has 0 fully saturated rings. The van der Waals surface area contributed by atoms with Crippen LogP contribution in [-0.2, 0) is 9.59 Å². The van der Waals surface area contributed by atoms with Gasteiger partial charge >= 0.3 is 5.97 Å². The first-order valence-electron chi connectivity index (χ1n) is 5.68. The molecular weight excluding hydrogens is 232 g/mol. The summed E-state index contributed by atoms with van der Waals surface area (Å²) in [5.74, 6) is -1.39. The van der Waals surface area contributed by atoms with Crippen molar-refractivity contribution in [1.82, 2.24) is 5.32 Å². The molecule has 1 atom stereocenters. The molecule has 1 aromatic rings. The van der Waals surface area contributed by atoms with Crippen molar-refractivity contribution in [3.8, 4) is 0 Å². The summed E-state index contributed by atoms with van der Waals surface area (Å²) < 4.78 is 0. The fourth-order valence-electron chi connectivity index (χ4n) is 1.61. The van der Waals surface area contributed by atoms with Gasteiger partial charge in [-0.25, -0.2) is 4.79 Å². The van der Waals surface area contributed by atoms with Gasteiger partial charge < -0.3 is 15.3 Å². The van der Waals surface area contributed by atoms with E-state index in [1.165, 1.54) is 6.92 Å². The predicted molar refractivity (Wildman–Crippen MR) is 69.7 cm³/mol. The van der Waals surface area contributed by atoms with E-state index in [1.807, 2.05) is 31.2 Å². The van der Waals surface area contributed by atoms with Crippen molar-refractivity contribution in [2.24, 2.45) is 0 Å². The molecule has 0 saturated heterocycles. The van der Waals surface area contributed by atoms with Crippen molar-refractivity contribution >= 4 is 17.6 Å². The molecule has 0 aliphatic carbocycles. The second-order valence-electron chi connectivity index (χ2n) is 4.31. The maximum Gasteiger partial charge on any atom is 0.328 e. The number of hydrogen-bond acceptors (Lipinski definition) is 3. The number of nitrogens with one attached hydrogen (secondary N) is 1. The van der Waals surface area contributed by atoms with Gasteiger partial charge in [-0.2, -0.15) is 0 Å². The zero-order chi connectivity index (χ0) is 13.7. The van der Waals surface area contributed by atoms with Gasteiger partial charge in [-0.3, -0.25) is 4.79 Å². The number of likely N-dealkylation sites (N-methyl/N-ethyl adjacent to an activating group) is 1. The molecule has 1 unspecified atom stereocenters. The number of carboxylic acid groups (broad SMARTS) is 1. The first kappa shape index (κ1) is 14.0. The third-order valence-corrected chi connectivity index (χ3v) is 2.61. The monoisotopic (exact) mass is 250 g/mol. The largest absolute Gasteiger partial charge is 0.480 e. The Bertz CT molecular complexity index is 428. The Labute approximate surface area is 106 Å². The number of carbonyl (C=O) groups is 2. The Kier molecular flexibility index (Phi) is 4.71. The van der Waals surface area contributed by atoms with E-state index in [2.05, 4.69) is 5.32 Å². The van der Waals surface area contributed by atoms with E-state index in [-0.39, 0.29) is 12.5 Å². The van der Waals surface area contributed by atoms with E-state index in [4.69, 9.17) is 5.11 Å². The highest BCUT2D eigenvalue weighted by Crippen LogP contribution is 2.13. The molecule has 5 nitrogen and oxygen atoms in total. The number of carboxylic acids is 1. The van der Waals surface area contributed by atoms with E-state index in [9.17, 15) is 9.59 Å². The van der Waals surface area contributed by atoms with Gasteiger partial charge in [0, 0.05) is 26.2 Å². The molecule has 0 aliphatic rings. The molecule has 2 N–H and O–H groups in total. The van der Waals surface area contributed by atoms with Crippen LogP contribution < -0.4 is 10.2 Å². The Morgan fingerprint density at radius 2 is 1.89 bits per heavy atom. The van der Waals surface area contributed by atoms with Crippen LogP contribution in [0.1, 0.15) is 12.5 Å². The van der Waals surface area contributed by atoms with Crippen molar-refractivity contribution in [3.05, 3.63) is 29.8 Å². The molecule has 1 amide bonds. The molecule has 0 aliphatic heterocycles. The quantitative estimate of drug-likeness (QED) is 0.818. The number of amides is 1. The lowest BCUT2D eigenvalue weighted by atomic mass is 10.2. The van der Waals surface area contributed by atoms with Gasteiger partial charge in [-0.05, 0) is 19.1 Å². The molecule has 0 aromatic heterocycles. The SMILES string of the molecule is CC(=O)NC(CN(C)c1ccc(C)cc1)C(=O)O. The number of aryl methyl sites for hydroxylation is 1. The molecule has 0 radical (unpaired) electrons. The van der Waals surface area contributed by atoms with E-state index in [1.54, 1.807) is 11.9 Å². The van der Waals surface area contributed by atoms with Crippen LogP contribution in [0.2, 0.25) is 0 Å². The van der Waals surface area contributed by atoms with Crippen molar-refractivity contribution in [2.75, 3.05) is 18.5 Å². The maximum atomic E-state index is 11.0. The third-order valence-electron chi connectivity index (χ3n) is 2.61. The van der Waals surface area contributed by atoms with Crippen LogP contribution >= 0.6 is 0 Å². The second-order valence-corrected chi connectivity index (χ2v) is 4.31.